The van der Waals surface area contributed by atoms with Gasteiger partial charge in [-0.3, -0.25) is 0 Å². The van der Waals surface area contributed by atoms with Gasteiger partial charge in [-0.25, -0.2) is 0 Å². The molecule has 96 valence electrons. The van der Waals surface area contributed by atoms with E-state index in [4.69, 9.17) is 18.0 Å². The number of hydrogen-bond donors (Lipinski definition) is 1. The van der Waals surface area contributed by atoms with Crippen LogP contribution in [0.25, 0.3) is 0 Å². The smallest absolute Gasteiger partial charge is 0.0727 e. The van der Waals surface area contributed by atoms with E-state index in [1.807, 2.05) is 0 Å². The van der Waals surface area contributed by atoms with E-state index in [2.05, 4.69) is 25.7 Å². The van der Waals surface area contributed by atoms with Gasteiger partial charge in [-0.2, -0.15) is 0 Å². The monoisotopic (exact) mass is 244 g/mol. The molecule has 0 aliphatic rings. The van der Waals surface area contributed by atoms with Crippen LogP contribution in [0.1, 0.15) is 52.9 Å². The molecule has 0 saturated carbocycles. The largest absolute Gasteiger partial charge is 0.393 e. The van der Waals surface area contributed by atoms with Crippen molar-refractivity contribution in [2.45, 2.75) is 52.9 Å². The lowest BCUT2D eigenvalue weighted by Crippen LogP contribution is -2.30. The summed E-state index contributed by atoms with van der Waals surface area (Å²) in [7, 11) is 0. The second kappa shape index (κ2) is 10.0. The van der Waals surface area contributed by atoms with Gasteiger partial charge < -0.3 is 10.6 Å². The van der Waals surface area contributed by atoms with Crippen LogP contribution in [0.3, 0.4) is 0 Å². The van der Waals surface area contributed by atoms with Gasteiger partial charge in [0.05, 0.1) is 4.99 Å². The fourth-order valence-electron chi connectivity index (χ4n) is 1.93. The normalized spacial score (nSPS) is 11.3. The summed E-state index contributed by atoms with van der Waals surface area (Å²) in [5, 5.41) is 0. The molecule has 16 heavy (non-hydrogen) atoms. The molecule has 2 N–H and O–H groups in total. The number of thiocarbonyl (C=S) groups is 1. The first-order valence-corrected chi connectivity index (χ1v) is 7.05. The minimum Gasteiger partial charge on any atom is -0.393 e. The Balaban J connectivity index is 3.69. The van der Waals surface area contributed by atoms with Crippen molar-refractivity contribution in [2.75, 3.05) is 19.6 Å². The molecular weight excluding hydrogens is 216 g/mol. The fraction of sp³-hybridized carbons (Fsp3) is 0.923. The van der Waals surface area contributed by atoms with E-state index >= 15 is 0 Å². The minimum atomic E-state index is 0.656. The van der Waals surface area contributed by atoms with Crippen molar-refractivity contribution in [3.05, 3.63) is 0 Å². The zero-order valence-corrected chi connectivity index (χ0v) is 12.0. The summed E-state index contributed by atoms with van der Waals surface area (Å²) in [5.41, 5.74) is 5.48. The third-order valence-electron chi connectivity index (χ3n) is 3.27. The zero-order chi connectivity index (χ0) is 12.4. The lowest BCUT2D eigenvalue weighted by Gasteiger charge is -2.25. The summed E-state index contributed by atoms with van der Waals surface area (Å²) in [6, 6.07) is 0. The molecule has 0 amide bonds. The first-order chi connectivity index (χ1) is 7.63. The number of unbranched alkanes of at least 4 members (excludes halogenated alkanes) is 1. The second-order valence-electron chi connectivity index (χ2n) is 4.50. The highest BCUT2D eigenvalue weighted by atomic mass is 32.1. The average molecular weight is 244 g/mol. The maximum Gasteiger partial charge on any atom is 0.0727 e. The van der Waals surface area contributed by atoms with Crippen LogP contribution < -0.4 is 5.73 Å². The van der Waals surface area contributed by atoms with Crippen LogP contribution >= 0.6 is 12.2 Å². The van der Waals surface area contributed by atoms with Crippen molar-refractivity contribution in [1.29, 1.82) is 0 Å². The van der Waals surface area contributed by atoms with Gasteiger partial charge >= 0.3 is 0 Å². The molecule has 0 aromatic rings. The standard InChI is InChI=1S/C13H28N2S/c1-4-12(5-2)11-15(6-3)10-8-7-9-13(14)16/h12H,4-11H2,1-3H3,(H2,14,16). The Morgan fingerprint density at radius 2 is 1.81 bits per heavy atom. The molecule has 0 aromatic carbocycles. The molecule has 0 fully saturated rings. The Kier molecular flexibility index (Phi) is 9.94. The van der Waals surface area contributed by atoms with Crippen molar-refractivity contribution >= 4 is 17.2 Å². The molecule has 0 aromatic heterocycles. The van der Waals surface area contributed by atoms with Gasteiger partial charge in [0.15, 0.2) is 0 Å². The van der Waals surface area contributed by atoms with Crippen molar-refractivity contribution in [1.82, 2.24) is 4.90 Å². The molecule has 0 aliphatic heterocycles. The molecule has 0 rings (SSSR count). The van der Waals surface area contributed by atoms with E-state index in [0.29, 0.717) is 4.99 Å². The van der Waals surface area contributed by atoms with Crippen molar-refractivity contribution in [3.63, 3.8) is 0 Å². The van der Waals surface area contributed by atoms with Crippen molar-refractivity contribution < 1.29 is 0 Å². The van der Waals surface area contributed by atoms with Crippen LogP contribution in [-0.2, 0) is 0 Å². The molecule has 0 bridgehead atoms. The Morgan fingerprint density at radius 3 is 2.25 bits per heavy atom. The highest BCUT2D eigenvalue weighted by molar-refractivity contribution is 7.80. The number of nitrogens with zero attached hydrogens (tertiary/aromatic N) is 1. The van der Waals surface area contributed by atoms with Gasteiger partial charge in [-0.15, -0.1) is 0 Å². The molecule has 0 aliphatic carbocycles. The van der Waals surface area contributed by atoms with E-state index in [-0.39, 0.29) is 0 Å². The fourth-order valence-corrected chi connectivity index (χ4v) is 2.07. The van der Waals surface area contributed by atoms with Gasteiger partial charge in [0.1, 0.15) is 0 Å². The summed E-state index contributed by atoms with van der Waals surface area (Å²) in [6.45, 7) is 10.4. The first-order valence-electron chi connectivity index (χ1n) is 6.64. The van der Waals surface area contributed by atoms with Gasteiger partial charge in [-0.05, 0) is 38.3 Å². The molecule has 0 radical (unpaired) electrons. The summed E-state index contributed by atoms with van der Waals surface area (Å²) < 4.78 is 0. The van der Waals surface area contributed by atoms with Gasteiger partial charge in [0.2, 0.25) is 0 Å². The van der Waals surface area contributed by atoms with E-state index < -0.39 is 0 Å². The van der Waals surface area contributed by atoms with E-state index in [1.165, 1.54) is 32.4 Å². The van der Waals surface area contributed by atoms with Gasteiger partial charge in [0, 0.05) is 6.54 Å². The predicted octanol–water partition coefficient (Wildman–Crippen LogP) is 3.20. The number of hydrogen-bond acceptors (Lipinski definition) is 2. The molecule has 3 heteroatoms. The van der Waals surface area contributed by atoms with Crippen LogP contribution in [0.5, 0.6) is 0 Å². The molecule has 2 nitrogen and oxygen atoms in total. The Bertz CT molecular complexity index is 179. The summed E-state index contributed by atoms with van der Waals surface area (Å²) in [4.78, 5) is 3.21. The van der Waals surface area contributed by atoms with Gasteiger partial charge in [-0.1, -0.05) is 45.8 Å². The summed E-state index contributed by atoms with van der Waals surface area (Å²) in [6.07, 6.45) is 5.83. The minimum absolute atomic E-state index is 0.656. The Hall–Kier alpha value is -0.150. The number of nitrogens with two attached hydrogens (primary N) is 1. The lowest BCUT2D eigenvalue weighted by atomic mass is 10.0. The van der Waals surface area contributed by atoms with Crippen LogP contribution in [0.2, 0.25) is 0 Å². The van der Waals surface area contributed by atoms with Crippen molar-refractivity contribution in [3.8, 4) is 0 Å². The first kappa shape index (κ1) is 15.9. The predicted molar refractivity (Wildman–Crippen MR) is 76.8 cm³/mol. The van der Waals surface area contributed by atoms with Gasteiger partial charge in [0.25, 0.3) is 0 Å². The molecular formula is C13H28N2S. The highest BCUT2D eigenvalue weighted by Gasteiger charge is 2.09. The summed E-state index contributed by atoms with van der Waals surface area (Å²) >= 11 is 4.87. The number of rotatable bonds is 10. The van der Waals surface area contributed by atoms with Crippen LogP contribution in [0, 0.1) is 5.92 Å². The average Bonchev–Trinajstić information content (AvgIpc) is 2.28. The second-order valence-corrected chi connectivity index (χ2v) is 5.02. The Morgan fingerprint density at radius 1 is 1.19 bits per heavy atom. The molecule has 0 saturated heterocycles. The maximum atomic E-state index is 5.48. The lowest BCUT2D eigenvalue weighted by molar-refractivity contribution is 0.230. The quantitative estimate of drug-likeness (QED) is 0.473. The maximum absolute atomic E-state index is 5.48. The zero-order valence-electron chi connectivity index (χ0n) is 11.2. The third kappa shape index (κ3) is 8.05. The Labute approximate surface area is 107 Å². The van der Waals surface area contributed by atoms with Crippen LogP contribution in [0.4, 0.5) is 0 Å². The topological polar surface area (TPSA) is 29.3 Å². The SMILES string of the molecule is CCC(CC)CN(CC)CCCCC(N)=S. The summed E-state index contributed by atoms with van der Waals surface area (Å²) in [5.74, 6) is 0.857. The molecule has 0 spiro atoms. The molecule has 0 heterocycles. The molecule has 0 atom stereocenters. The van der Waals surface area contributed by atoms with E-state index in [9.17, 15) is 0 Å². The van der Waals surface area contributed by atoms with E-state index in [0.717, 1.165) is 25.3 Å². The van der Waals surface area contributed by atoms with Crippen LogP contribution in [0.15, 0.2) is 0 Å². The van der Waals surface area contributed by atoms with Crippen molar-refractivity contribution in [2.24, 2.45) is 11.7 Å². The van der Waals surface area contributed by atoms with E-state index in [1.54, 1.807) is 0 Å². The molecule has 0 unspecified atom stereocenters. The third-order valence-corrected chi connectivity index (χ3v) is 3.47. The van der Waals surface area contributed by atoms with Crippen LogP contribution in [-0.4, -0.2) is 29.5 Å². The highest BCUT2D eigenvalue weighted by Crippen LogP contribution is 2.10.